The summed E-state index contributed by atoms with van der Waals surface area (Å²) in [5, 5.41) is 6.93. The van der Waals surface area contributed by atoms with E-state index >= 15 is 0 Å². The Morgan fingerprint density at radius 3 is 2.64 bits per heavy atom. The molecule has 0 unspecified atom stereocenters. The van der Waals surface area contributed by atoms with Crippen LogP contribution in [0.15, 0.2) is 53.6 Å². The summed E-state index contributed by atoms with van der Waals surface area (Å²) in [5.74, 6) is 0.0312. The van der Waals surface area contributed by atoms with Gasteiger partial charge in [-0.05, 0) is 36.4 Å². The lowest BCUT2D eigenvalue weighted by atomic mass is 10.00. The van der Waals surface area contributed by atoms with Crippen molar-refractivity contribution in [3.05, 3.63) is 75.8 Å². The van der Waals surface area contributed by atoms with Crippen LogP contribution in [-0.2, 0) is 17.8 Å². The first kappa shape index (κ1) is 17.3. The smallest absolute Gasteiger partial charge is 0.224 e. The van der Waals surface area contributed by atoms with E-state index in [0.717, 1.165) is 27.4 Å². The molecule has 1 heterocycles. The van der Waals surface area contributed by atoms with Crippen molar-refractivity contribution in [2.75, 3.05) is 11.6 Å². The van der Waals surface area contributed by atoms with Gasteiger partial charge in [0.25, 0.3) is 0 Å². The van der Waals surface area contributed by atoms with Gasteiger partial charge < -0.3 is 10.6 Å². The molecule has 0 aromatic heterocycles. The summed E-state index contributed by atoms with van der Waals surface area (Å²) in [4.78, 5) is 23.8. The molecule has 0 fully saturated rings. The summed E-state index contributed by atoms with van der Waals surface area (Å²) in [5.41, 5.74) is 4.87. The van der Waals surface area contributed by atoms with Crippen LogP contribution in [0.2, 0.25) is 0 Å². The molecular formula is C20H20N2O2S. The van der Waals surface area contributed by atoms with E-state index in [2.05, 4.69) is 10.6 Å². The molecule has 0 bridgehead atoms. The minimum Gasteiger partial charge on any atom is -0.352 e. The fourth-order valence-electron chi connectivity index (χ4n) is 2.68. The third-order valence-electron chi connectivity index (χ3n) is 4.12. The van der Waals surface area contributed by atoms with E-state index in [-0.39, 0.29) is 11.7 Å². The fraction of sp³-hybridized carbons (Fsp3) is 0.200. The van der Waals surface area contributed by atoms with E-state index in [1.165, 1.54) is 11.8 Å². The van der Waals surface area contributed by atoms with Gasteiger partial charge in [0.2, 0.25) is 5.91 Å². The van der Waals surface area contributed by atoms with E-state index in [1.54, 1.807) is 6.08 Å². The summed E-state index contributed by atoms with van der Waals surface area (Å²) < 4.78 is 0. The van der Waals surface area contributed by atoms with Crippen LogP contribution in [0.3, 0.4) is 0 Å². The van der Waals surface area contributed by atoms with Crippen molar-refractivity contribution in [3.8, 4) is 0 Å². The molecule has 0 saturated heterocycles. The van der Waals surface area contributed by atoms with Gasteiger partial charge in [-0.3, -0.25) is 9.59 Å². The number of fused-ring (bicyclic) bond motifs is 1. The number of anilines is 1. The van der Waals surface area contributed by atoms with Crippen molar-refractivity contribution in [1.29, 1.82) is 0 Å². The van der Waals surface area contributed by atoms with Crippen LogP contribution < -0.4 is 10.6 Å². The highest BCUT2D eigenvalue weighted by Gasteiger charge is 2.15. The van der Waals surface area contributed by atoms with Gasteiger partial charge in [0.1, 0.15) is 0 Å². The molecule has 0 radical (unpaired) electrons. The Kier molecular flexibility index (Phi) is 5.24. The van der Waals surface area contributed by atoms with Gasteiger partial charge in [-0.1, -0.05) is 35.9 Å². The monoisotopic (exact) mass is 352 g/mol. The van der Waals surface area contributed by atoms with Crippen LogP contribution >= 0.6 is 11.8 Å². The van der Waals surface area contributed by atoms with E-state index in [1.807, 2.05) is 55.6 Å². The average molecular weight is 352 g/mol. The number of ketones is 1. The molecule has 1 aliphatic rings. The summed E-state index contributed by atoms with van der Waals surface area (Å²) in [6.07, 6.45) is 3.98. The van der Waals surface area contributed by atoms with Crippen LogP contribution in [-0.4, -0.2) is 17.9 Å². The number of allylic oxidation sites excluding steroid dienone is 1. The minimum atomic E-state index is -0.0259. The Bertz CT molecular complexity index is 841. The van der Waals surface area contributed by atoms with Crippen molar-refractivity contribution in [2.45, 2.75) is 19.9 Å². The Morgan fingerprint density at radius 2 is 1.92 bits per heavy atom. The van der Waals surface area contributed by atoms with Crippen molar-refractivity contribution >= 4 is 29.1 Å². The molecule has 25 heavy (non-hydrogen) atoms. The molecule has 3 rings (SSSR count). The molecule has 2 aromatic carbocycles. The van der Waals surface area contributed by atoms with Crippen LogP contribution in [0.4, 0.5) is 5.69 Å². The number of benzene rings is 2. The van der Waals surface area contributed by atoms with Crippen molar-refractivity contribution in [1.82, 2.24) is 5.32 Å². The molecule has 2 aromatic rings. The minimum absolute atomic E-state index is 0.0259. The van der Waals surface area contributed by atoms with Gasteiger partial charge in [-0.15, -0.1) is 11.8 Å². The second-order valence-corrected chi connectivity index (χ2v) is 6.85. The Balaban J connectivity index is 1.76. The van der Waals surface area contributed by atoms with Crippen LogP contribution in [0, 0.1) is 6.92 Å². The molecule has 4 nitrogen and oxygen atoms in total. The number of amides is 1. The highest BCUT2D eigenvalue weighted by atomic mass is 32.2. The number of hydrogen-bond donors (Lipinski definition) is 2. The van der Waals surface area contributed by atoms with Gasteiger partial charge in [0.15, 0.2) is 5.78 Å². The maximum Gasteiger partial charge on any atom is 0.224 e. The number of thioether (sulfide) groups is 1. The van der Waals surface area contributed by atoms with E-state index in [0.29, 0.717) is 18.5 Å². The molecule has 0 atom stereocenters. The lowest BCUT2D eigenvalue weighted by Gasteiger charge is -2.18. The lowest BCUT2D eigenvalue weighted by molar-refractivity contribution is -0.121. The molecule has 1 aliphatic heterocycles. The van der Waals surface area contributed by atoms with Gasteiger partial charge >= 0.3 is 0 Å². The van der Waals surface area contributed by atoms with E-state index in [9.17, 15) is 9.59 Å². The van der Waals surface area contributed by atoms with Gasteiger partial charge in [-0.2, -0.15) is 0 Å². The number of aryl methyl sites for hydroxylation is 1. The van der Waals surface area contributed by atoms with Gasteiger partial charge in [0, 0.05) is 23.9 Å². The maximum atomic E-state index is 12.4. The maximum absolute atomic E-state index is 12.4. The first-order valence-corrected chi connectivity index (χ1v) is 9.30. The Morgan fingerprint density at radius 1 is 1.16 bits per heavy atom. The summed E-state index contributed by atoms with van der Waals surface area (Å²) in [6, 6.07) is 13.5. The molecule has 5 heteroatoms. The fourth-order valence-corrected chi connectivity index (χ4v) is 3.12. The normalized spacial score (nSPS) is 13.8. The van der Waals surface area contributed by atoms with Gasteiger partial charge in [-0.25, -0.2) is 0 Å². The van der Waals surface area contributed by atoms with Crippen molar-refractivity contribution in [2.24, 2.45) is 0 Å². The molecule has 128 valence electrons. The second kappa shape index (κ2) is 7.57. The zero-order valence-corrected chi connectivity index (χ0v) is 15.1. The number of carbonyl (C=O) groups is 2. The Labute approximate surface area is 151 Å². The first-order valence-electron chi connectivity index (χ1n) is 8.07. The third kappa shape index (κ3) is 4.31. The highest BCUT2D eigenvalue weighted by Crippen LogP contribution is 2.23. The van der Waals surface area contributed by atoms with Crippen LogP contribution in [0.5, 0.6) is 0 Å². The van der Waals surface area contributed by atoms with Crippen LogP contribution in [0.1, 0.15) is 27.0 Å². The molecule has 1 amide bonds. The second-order valence-electron chi connectivity index (χ2n) is 6.00. The topological polar surface area (TPSA) is 58.2 Å². The zero-order valence-electron chi connectivity index (χ0n) is 14.3. The van der Waals surface area contributed by atoms with E-state index in [4.69, 9.17) is 0 Å². The number of hydrogen-bond acceptors (Lipinski definition) is 4. The first-order chi connectivity index (χ1) is 12.0. The SMILES string of the molecule is CS/C(=C\C(=O)c1ccc(C)cc1)Nc1ccc2c(c1)CNC(=O)C2. The Hall–Kier alpha value is -2.53. The molecule has 0 aliphatic carbocycles. The average Bonchev–Trinajstić information content (AvgIpc) is 2.61. The third-order valence-corrected chi connectivity index (χ3v) is 4.78. The highest BCUT2D eigenvalue weighted by molar-refractivity contribution is 8.02. The predicted octanol–water partition coefficient (Wildman–Crippen LogP) is 3.67. The predicted molar refractivity (Wildman–Crippen MR) is 103 cm³/mol. The largest absolute Gasteiger partial charge is 0.352 e. The summed E-state index contributed by atoms with van der Waals surface area (Å²) >= 11 is 1.49. The molecule has 0 saturated carbocycles. The van der Waals surface area contributed by atoms with Crippen molar-refractivity contribution < 1.29 is 9.59 Å². The van der Waals surface area contributed by atoms with E-state index < -0.39 is 0 Å². The van der Waals surface area contributed by atoms with Crippen molar-refractivity contribution in [3.63, 3.8) is 0 Å². The molecular weight excluding hydrogens is 332 g/mol. The summed E-state index contributed by atoms with van der Waals surface area (Å²) in [7, 11) is 0. The van der Waals surface area contributed by atoms with Crippen LogP contribution in [0.25, 0.3) is 0 Å². The standard InChI is InChI=1S/C20H20N2O2S/c1-13-3-5-14(6-4-13)18(23)11-20(25-2)22-17-8-7-15-10-19(24)21-12-16(15)9-17/h3-9,11,22H,10,12H2,1-2H3,(H,21,24)/b20-11-. The number of rotatable bonds is 5. The van der Waals surface area contributed by atoms with Gasteiger partial charge in [0.05, 0.1) is 11.4 Å². The zero-order chi connectivity index (χ0) is 17.8. The number of carbonyl (C=O) groups excluding carboxylic acids is 2. The lowest BCUT2D eigenvalue weighted by Crippen LogP contribution is -2.30. The summed E-state index contributed by atoms with van der Waals surface area (Å²) in [6.45, 7) is 2.54. The number of nitrogens with one attached hydrogen (secondary N) is 2. The molecule has 2 N–H and O–H groups in total. The quantitative estimate of drug-likeness (QED) is 0.637. The molecule has 0 spiro atoms.